The summed E-state index contributed by atoms with van der Waals surface area (Å²) in [5.41, 5.74) is 4.63. The molecule has 3 aromatic carbocycles. The van der Waals surface area contributed by atoms with Crippen molar-refractivity contribution < 1.29 is 9.53 Å². The Bertz CT molecular complexity index is 1300. The quantitative estimate of drug-likeness (QED) is 0.353. The highest BCUT2D eigenvalue weighted by Gasteiger charge is 2.23. The molecular weight excluding hydrogens is 434 g/mol. The highest BCUT2D eigenvalue weighted by Crippen LogP contribution is 2.32. The molecule has 0 fully saturated rings. The molecule has 4 aromatic rings. The van der Waals surface area contributed by atoms with E-state index < -0.39 is 6.04 Å². The SMILES string of the molecule is COc1ccc(NC(=O)C(C)n2c(-c3ccc(C(C)(C)C)cc3)nc3ccccc32)cc1Cl. The number of para-hydroxylation sites is 2. The molecule has 4 rings (SSSR count). The number of hydrogen-bond donors (Lipinski definition) is 1. The van der Waals surface area contributed by atoms with Gasteiger partial charge in [0.25, 0.3) is 0 Å². The first-order valence-electron chi connectivity index (χ1n) is 10.9. The van der Waals surface area contributed by atoms with Gasteiger partial charge in [-0.1, -0.05) is 68.8 Å². The summed E-state index contributed by atoms with van der Waals surface area (Å²) >= 11 is 6.23. The molecule has 1 atom stereocenters. The Hall–Kier alpha value is -3.31. The molecule has 0 spiro atoms. The van der Waals surface area contributed by atoms with E-state index in [0.717, 1.165) is 22.4 Å². The van der Waals surface area contributed by atoms with Crippen molar-refractivity contribution >= 4 is 34.2 Å². The lowest BCUT2D eigenvalue weighted by Gasteiger charge is -2.20. The molecule has 170 valence electrons. The molecule has 0 aliphatic rings. The maximum absolute atomic E-state index is 13.3. The number of imidazole rings is 1. The molecule has 33 heavy (non-hydrogen) atoms. The van der Waals surface area contributed by atoms with Crippen LogP contribution in [-0.4, -0.2) is 22.6 Å². The van der Waals surface area contributed by atoms with Gasteiger partial charge in [-0.25, -0.2) is 4.98 Å². The zero-order valence-corrected chi connectivity index (χ0v) is 20.3. The van der Waals surface area contributed by atoms with Crippen LogP contribution < -0.4 is 10.1 Å². The van der Waals surface area contributed by atoms with Gasteiger partial charge in [0.15, 0.2) is 0 Å². The second-order valence-electron chi connectivity index (χ2n) is 9.14. The molecule has 1 N–H and O–H groups in total. The number of amides is 1. The van der Waals surface area contributed by atoms with Crippen LogP contribution in [0, 0.1) is 0 Å². The standard InChI is InChI=1S/C27H28ClN3O2/c1-17(26(32)29-20-14-15-24(33-5)21(28)16-20)31-23-9-7-6-8-22(23)30-25(31)18-10-12-19(13-11-18)27(2,3)4/h6-17H,1-5H3,(H,29,32). The maximum atomic E-state index is 13.3. The molecule has 1 amide bonds. The van der Waals surface area contributed by atoms with Crippen LogP contribution >= 0.6 is 11.6 Å². The lowest BCUT2D eigenvalue weighted by Crippen LogP contribution is -2.24. The van der Waals surface area contributed by atoms with Crippen molar-refractivity contribution in [2.75, 3.05) is 12.4 Å². The number of nitrogens with zero attached hydrogens (tertiary/aromatic N) is 2. The minimum Gasteiger partial charge on any atom is -0.495 e. The first-order valence-corrected chi connectivity index (χ1v) is 11.3. The molecule has 0 bridgehead atoms. The highest BCUT2D eigenvalue weighted by atomic mass is 35.5. The van der Waals surface area contributed by atoms with Crippen LogP contribution in [0.4, 0.5) is 5.69 Å². The van der Waals surface area contributed by atoms with Crippen LogP contribution in [0.25, 0.3) is 22.4 Å². The van der Waals surface area contributed by atoms with Gasteiger partial charge in [-0.3, -0.25) is 4.79 Å². The third-order valence-electron chi connectivity index (χ3n) is 5.79. The summed E-state index contributed by atoms with van der Waals surface area (Å²) in [6, 6.07) is 21.0. The summed E-state index contributed by atoms with van der Waals surface area (Å²) < 4.78 is 7.18. The van der Waals surface area contributed by atoms with Gasteiger partial charge in [0.05, 0.1) is 23.2 Å². The molecule has 0 radical (unpaired) electrons. The fourth-order valence-corrected chi connectivity index (χ4v) is 4.13. The van der Waals surface area contributed by atoms with Crippen molar-refractivity contribution in [3.63, 3.8) is 0 Å². The highest BCUT2D eigenvalue weighted by molar-refractivity contribution is 6.32. The minimum absolute atomic E-state index is 0.0610. The lowest BCUT2D eigenvalue weighted by molar-refractivity contribution is -0.118. The molecule has 0 saturated carbocycles. The zero-order chi connectivity index (χ0) is 23.8. The van der Waals surface area contributed by atoms with E-state index in [1.165, 1.54) is 5.56 Å². The predicted molar refractivity (Wildman–Crippen MR) is 135 cm³/mol. The number of ether oxygens (including phenoxy) is 1. The number of hydrogen-bond acceptors (Lipinski definition) is 3. The van der Waals surface area contributed by atoms with E-state index in [9.17, 15) is 4.79 Å². The summed E-state index contributed by atoms with van der Waals surface area (Å²) in [5.74, 6) is 1.16. The monoisotopic (exact) mass is 461 g/mol. The number of benzene rings is 3. The second-order valence-corrected chi connectivity index (χ2v) is 9.54. The first-order chi connectivity index (χ1) is 15.7. The molecule has 1 unspecified atom stereocenters. The third kappa shape index (κ3) is 4.60. The van der Waals surface area contributed by atoms with E-state index in [-0.39, 0.29) is 11.3 Å². The smallest absolute Gasteiger partial charge is 0.247 e. The van der Waals surface area contributed by atoms with E-state index >= 15 is 0 Å². The number of methoxy groups -OCH3 is 1. The largest absolute Gasteiger partial charge is 0.495 e. The number of halogens is 1. The first kappa shape index (κ1) is 22.9. The van der Waals surface area contributed by atoms with Gasteiger partial charge in [0.2, 0.25) is 5.91 Å². The Balaban J connectivity index is 1.72. The van der Waals surface area contributed by atoms with Crippen molar-refractivity contribution in [2.45, 2.75) is 39.2 Å². The van der Waals surface area contributed by atoms with Crippen LogP contribution in [0.3, 0.4) is 0 Å². The van der Waals surface area contributed by atoms with Crippen molar-refractivity contribution in [2.24, 2.45) is 0 Å². The Morgan fingerprint density at radius 1 is 1.06 bits per heavy atom. The third-order valence-corrected chi connectivity index (χ3v) is 6.09. The molecular formula is C27H28ClN3O2. The van der Waals surface area contributed by atoms with Gasteiger partial charge < -0.3 is 14.6 Å². The van der Waals surface area contributed by atoms with Gasteiger partial charge >= 0.3 is 0 Å². The van der Waals surface area contributed by atoms with Gasteiger partial charge in [0.1, 0.15) is 17.6 Å². The predicted octanol–water partition coefficient (Wildman–Crippen LogP) is 6.86. The lowest BCUT2D eigenvalue weighted by atomic mass is 9.86. The van der Waals surface area contributed by atoms with Gasteiger partial charge in [0, 0.05) is 11.3 Å². The van der Waals surface area contributed by atoms with Crippen LogP contribution in [0.5, 0.6) is 5.75 Å². The van der Waals surface area contributed by atoms with E-state index in [2.05, 4.69) is 50.4 Å². The zero-order valence-electron chi connectivity index (χ0n) is 19.5. The fourth-order valence-electron chi connectivity index (χ4n) is 3.87. The van der Waals surface area contributed by atoms with Crippen LogP contribution in [0.1, 0.15) is 39.3 Å². The van der Waals surface area contributed by atoms with Gasteiger partial charge in [-0.05, 0) is 48.2 Å². The average Bonchev–Trinajstić information content (AvgIpc) is 3.17. The number of rotatable bonds is 5. The fraction of sp³-hybridized carbons (Fsp3) is 0.259. The number of fused-ring (bicyclic) bond motifs is 1. The van der Waals surface area contributed by atoms with Crippen LogP contribution in [0.15, 0.2) is 66.7 Å². The minimum atomic E-state index is -0.504. The van der Waals surface area contributed by atoms with Crippen LogP contribution in [0.2, 0.25) is 5.02 Å². The Kier molecular flexibility index (Phi) is 6.17. The molecule has 6 heteroatoms. The van der Waals surface area contributed by atoms with Crippen molar-refractivity contribution in [1.82, 2.24) is 9.55 Å². The summed E-state index contributed by atoms with van der Waals surface area (Å²) in [4.78, 5) is 18.1. The normalized spacial score (nSPS) is 12.5. The Morgan fingerprint density at radius 2 is 1.76 bits per heavy atom. The number of nitrogens with one attached hydrogen (secondary N) is 1. The summed E-state index contributed by atoms with van der Waals surface area (Å²) in [5, 5.41) is 3.41. The topological polar surface area (TPSA) is 56.1 Å². The van der Waals surface area contributed by atoms with Crippen LogP contribution in [-0.2, 0) is 10.2 Å². The van der Waals surface area contributed by atoms with E-state index in [1.54, 1.807) is 25.3 Å². The Labute approximate surface area is 199 Å². The van der Waals surface area contributed by atoms with Crippen molar-refractivity contribution in [3.05, 3.63) is 77.3 Å². The van der Waals surface area contributed by atoms with E-state index in [0.29, 0.717) is 16.5 Å². The number of anilines is 1. The molecule has 1 aromatic heterocycles. The van der Waals surface area contributed by atoms with Crippen molar-refractivity contribution in [3.8, 4) is 17.1 Å². The summed E-state index contributed by atoms with van der Waals surface area (Å²) in [6.07, 6.45) is 0. The van der Waals surface area contributed by atoms with Gasteiger partial charge in [-0.15, -0.1) is 0 Å². The van der Waals surface area contributed by atoms with E-state index in [4.69, 9.17) is 21.3 Å². The number of carbonyl (C=O) groups is 1. The maximum Gasteiger partial charge on any atom is 0.247 e. The summed E-state index contributed by atoms with van der Waals surface area (Å²) in [7, 11) is 1.56. The summed E-state index contributed by atoms with van der Waals surface area (Å²) in [6.45, 7) is 8.45. The average molecular weight is 462 g/mol. The van der Waals surface area contributed by atoms with Gasteiger partial charge in [-0.2, -0.15) is 0 Å². The second kappa shape index (κ2) is 8.91. The molecule has 0 saturated heterocycles. The Morgan fingerprint density at radius 3 is 2.39 bits per heavy atom. The van der Waals surface area contributed by atoms with E-state index in [1.807, 2.05) is 35.8 Å². The molecule has 0 aliphatic heterocycles. The molecule has 0 aliphatic carbocycles. The number of aromatic nitrogens is 2. The number of carbonyl (C=O) groups excluding carboxylic acids is 1. The molecule has 1 heterocycles. The van der Waals surface area contributed by atoms with Crippen molar-refractivity contribution in [1.29, 1.82) is 0 Å². The molecule has 5 nitrogen and oxygen atoms in total.